The molecule has 6 heteroatoms. The SMILES string of the molecule is CC1(C)C(=O)NCCN1c1cccc(Cl)c1C(=O)O. The highest BCUT2D eigenvalue weighted by Crippen LogP contribution is 2.33. The highest BCUT2D eigenvalue weighted by Gasteiger charge is 2.39. The summed E-state index contributed by atoms with van der Waals surface area (Å²) in [6.07, 6.45) is 0. The van der Waals surface area contributed by atoms with E-state index in [1.165, 1.54) is 6.07 Å². The Balaban J connectivity index is 2.55. The summed E-state index contributed by atoms with van der Waals surface area (Å²) in [6, 6.07) is 4.90. The fourth-order valence-electron chi connectivity index (χ4n) is 2.27. The number of benzene rings is 1. The zero-order valence-electron chi connectivity index (χ0n) is 10.7. The molecule has 0 atom stereocenters. The number of amides is 1. The van der Waals surface area contributed by atoms with Crippen LogP contribution in [0.5, 0.6) is 0 Å². The lowest BCUT2D eigenvalue weighted by Crippen LogP contribution is -2.62. The second-order valence-electron chi connectivity index (χ2n) is 4.91. The predicted octanol–water partition coefficient (Wildman–Crippen LogP) is 1.75. The van der Waals surface area contributed by atoms with Gasteiger partial charge in [0.2, 0.25) is 5.91 Å². The van der Waals surface area contributed by atoms with E-state index in [4.69, 9.17) is 11.6 Å². The number of carbonyl (C=O) groups is 2. The maximum atomic E-state index is 11.9. The molecule has 1 saturated heterocycles. The van der Waals surface area contributed by atoms with E-state index in [9.17, 15) is 14.7 Å². The zero-order chi connectivity index (χ0) is 14.2. The third-order valence-electron chi connectivity index (χ3n) is 3.35. The minimum absolute atomic E-state index is 0.0342. The zero-order valence-corrected chi connectivity index (χ0v) is 11.5. The summed E-state index contributed by atoms with van der Waals surface area (Å²) in [5.74, 6) is -1.22. The van der Waals surface area contributed by atoms with Crippen LogP contribution in [0.2, 0.25) is 5.02 Å². The van der Waals surface area contributed by atoms with E-state index < -0.39 is 11.5 Å². The number of aromatic carboxylic acids is 1. The Hall–Kier alpha value is -1.75. The normalized spacial score (nSPS) is 18.1. The first kappa shape index (κ1) is 13.7. The van der Waals surface area contributed by atoms with Crippen LogP contribution in [0, 0.1) is 0 Å². The Labute approximate surface area is 116 Å². The predicted molar refractivity (Wildman–Crippen MR) is 72.8 cm³/mol. The third-order valence-corrected chi connectivity index (χ3v) is 3.66. The minimum Gasteiger partial charge on any atom is -0.478 e. The van der Waals surface area contributed by atoms with Crippen molar-refractivity contribution in [3.05, 3.63) is 28.8 Å². The number of piperazine rings is 1. The molecule has 0 spiro atoms. The van der Waals surface area contributed by atoms with E-state index in [1.807, 2.05) is 0 Å². The number of nitrogens with zero attached hydrogens (tertiary/aromatic N) is 1. The van der Waals surface area contributed by atoms with Gasteiger partial charge in [-0.2, -0.15) is 0 Å². The van der Waals surface area contributed by atoms with E-state index in [2.05, 4.69) is 5.32 Å². The monoisotopic (exact) mass is 282 g/mol. The molecule has 5 nitrogen and oxygen atoms in total. The van der Waals surface area contributed by atoms with E-state index in [1.54, 1.807) is 30.9 Å². The van der Waals surface area contributed by atoms with Gasteiger partial charge in [0.25, 0.3) is 0 Å². The van der Waals surface area contributed by atoms with Crippen LogP contribution in [0.4, 0.5) is 5.69 Å². The van der Waals surface area contributed by atoms with Crippen LogP contribution in [0.25, 0.3) is 0 Å². The molecule has 1 aliphatic heterocycles. The Kier molecular flexibility index (Phi) is 3.41. The molecule has 0 unspecified atom stereocenters. The number of hydrogen-bond donors (Lipinski definition) is 2. The maximum Gasteiger partial charge on any atom is 0.339 e. The molecule has 102 valence electrons. The average Bonchev–Trinajstić information content (AvgIpc) is 2.31. The molecule has 1 amide bonds. The molecular weight excluding hydrogens is 268 g/mol. The van der Waals surface area contributed by atoms with Crippen molar-refractivity contribution in [3.63, 3.8) is 0 Å². The summed E-state index contributed by atoms with van der Waals surface area (Å²) in [5.41, 5.74) is -0.306. The first-order valence-corrected chi connectivity index (χ1v) is 6.31. The van der Waals surface area contributed by atoms with Gasteiger partial charge in [0.05, 0.1) is 10.7 Å². The summed E-state index contributed by atoms with van der Waals surface area (Å²) in [6.45, 7) is 4.54. The van der Waals surface area contributed by atoms with Crippen molar-refractivity contribution in [2.45, 2.75) is 19.4 Å². The molecule has 1 aromatic rings. The molecule has 1 fully saturated rings. The molecular formula is C13H15ClN2O3. The van der Waals surface area contributed by atoms with E-state index in [0.29, 0.717) is 18.8 Å². The van der Waals surface area contributed by atoms with Gasteiger partial charge in [-0.05, 0) is 26.0 Å². The minimum atomic E-state index is -1.10. The van der Waals surface area contributed by atoms with Crippen molar-refractivity contribution in [1.82, 2.24) is 5.32 Å². The second-order valence-corrected chi connectivity index (χ2v) is 5.31. The van der Waals surface area contributed by atoms with Crippen molar-refractivity contribution in [2.24, 2.45) is 0 Å². The first-order chi connectivity index (χ1) is 8.85. The standard InChI is InChI=1S/C13H15ClN2O3/c1-13(2)12(19)15-6-7-16(13)9-5-3-4-8(14)10(9)11(17)18/h3-5H,6-7H2,1-2H3,(H,15,19)(H,17,18). The average molecular weight is 283 g/mol. The van der Waals surface area contributed by atoms with Gasteiger partial charge >= 0.3 is 5.97 Å². The summed E-state index contributed by atoms with van der Waals surface area (Å²) in [5, 5.41) is 12.2. The fraction of sp³-hybridized carbons (Fsp3) is 0.385. The maximum absolute atomic E-state index is 11.9. The van der Waals surface area contributed by atoms with E-state index in [0.717, 1.165) is 0 Å². The van der Waals surface area contributed by atoms with Crippen molar-refractivity contribution in [2.75, 3.05) is 18.0 Å². The van der Waals surface area contributed by atoms with Crippen LogP contribution in [0.3, 0.4) is 0 Å². The van der Waals surface area contributed by atoms with Crippen LogP contribution in [-0.4, -0.2) is 35.6 Å². The van der Waals surface area contributed by atoms with E-state index >= 15 is 0 Å². The molecule has 2 rings (SSSR count). The van der Waals surface area contributed by atoms with Crippen molar-refractivity contribution in [1.29, 1.82) is 0 Å². The molecule has 0 radical (unpaired) electrons. The van der Waals surface area contributed by atoms with Crippen molar-refractivity contribution >= 4 is 29.2 Å². The number of rotatable bonds is 2. The smallest absolute Gasteiger partial charge is 0.339 e. The number of anilines is 1. The summed E-state index contributed by atoms with van der Waals surface area (Å²) >= 11 is 5.97. The molecule has 2 N–H and O–H groups in total. The van der Waals surface area contributed by atoms with Gasteiger partial charge in [-0.3, -0.25) is 4.79 Å². The topological polar surface area (TPSA) is 69.6 Å². The molecule has 1 aliphatic rings. The van der Waals surface area contributed by atoms with Gasteiger partial charge in [-0.25, -0.2) is 4.79 Å². The van der Waals surface area contributed by atoms with Gasteiger partial charge in [-0.1, -0.05) is 17.7 Å². The van der Waals surface area contributed by atoms with Crippen LogP contribution >= 0.6 is 11.6 Å². The van der Waals surface area contributed by atoms with E-state index in [-0.39, 0.29) is 16.5 Å². The quantitative estimate of drug-likeness (QED) is 0.867. The lowest BCUT2D eigenvalue weighted by atomic mass is 9.96. The summed E-state index contributed by atoms with van der Waals surface area (Å²) in [7, 11) is 0. The van der Waals surface area contributed by atoms with Gasteiger partial charge in [-0.15, -0.1) is 0 Å². The van der Waals surface area contributed by atoms with Crippen LogP contribution in [0.1, 0.15) is 24.2 Å². The molecule has 0 aromatic heterocycles. The van der Waals surface area contributed by atoms with Gasteiger partial charge < -0.3 is 15.3 Å². The van der Waals surface area contributed by atoms with Gasteiger partial charge in [0.1, 0.15) is 11.1 Å². The highest BCUT2D eigenvalue weighted by atomic mass is 35.5. The molecule has 1 heterocycles. The van der Waals surface area contributed by atoms with Crippen LogP contribution in [-0.2, 0) is 4.79 Å². The third kappa shape index (κ3) is 2.26. The van der Waals surface area contributed by atoms with Crippen LogP contribution in [0.15, 0.2) is 18.2 Å². The number of carboxylic acid groups (broad SMARTS) is 1. The summed E-state index contributed by atoms with van der Waals surface area (Å²) < 4.78 is 0. The first-order valence-electron chi connectivity index (χ1n) is 5.93. The van der Waals surface area contributed by atoms with Crippen LogP contribution < -0.4 is 10.2 Å². The number of halogens is 1. The van der Waals surface area contributed by atoms with Crippen molar-refractivity contribution in [3.8, 4) is 0 Å². The van der Waals surface area contributed by atoms with Gasteiger partial charge in [0.15, 0.2) is 0 Å². The molecule has 1 aromatic carbocycles. The Morgan fingerprint density at radius 3 is 2.79 bits per heavy atom. The molecule has 0 aliphatic carbocycles. The molecule has 19 heavy (non-hydrogen) atoms. The Bertz CT molecular complexity index is 543. The Morgan fingerprint density at radius 1 is 1.47 bits per heavy atom. The fourth-order valence-corrected chi connectivity index (χ4v) is 2.52. The largest absolute Gasteiger partial charge is 0.478 e. The molecule has 0 saturated carbocycles. The number of nitrogens with one attached hydrogen (secondary N) is 1. The molecule has 0 bridgehead atoms. The van der Waals surface area contributed by atoms with Crippen molar-refractivity contribution < 1.29 is 14.7 Å². The lowest BCUT2D eigenvalue weighted by molar-refractivity contribution is -0.126. The Morgan fingerprint density at radius 2 is 2.16 bits per heavy atom. The number of carbonyl (C=O) groups excluding carboxylic acids is 1. The number of hydrogen-bond acceptors (Lipinski definition) is 3. The second kappa shape index (κ2) is 4.74. The lowest BCUT2D eigenvalue weighted by Gasteiger charge is -2.43. The highest BCUT2D eigenvalue weighted by molar-refractivity contribution is 6.34. The summed E-state index contributed by atoms with van der Waals surface area (Å²) in [4.78, 5) is 25.1. The van der Waals surface area contributed by atoms with Gasteiger partial charge in [0, 0.05) is 13.1 Å². The number of carboxylic acids is 1.